The third kappa shape index (κ3) is 4.99. The van der Waals surface area contributed by atoms with Crippen molar-refractivity contribution in [2.45, 2.75) is 44.4 Å². The number of carbonyl (C=O) groups excluding carboxylic acids is 1. The number of fused-ring (bicyclic) bond motifs is 1. The molecule has 0 atom stereocenters. The molecule has 35 heavy (non-hydrogen) atoms. The second kappa shape index (κ2) is 9.64. The molecule has 0 saturated heterocycles. The summed E-state index contributed by atoms with van der Waals surface area (Å²) in [6.45, 7) is 0.123. The minimum Gasteiger partial charge on any atom is -0.393 e. The van der Waals surface area contributed by atoms with Crippen molar-refractivity contribution >= 4 is 28.3 Å². The van der Waals surface area contributed by atoms with Gasteiger partial charge in [0.05, 0.1) is 12.6 Å². The second-order valence-electron chi connectivity index (χ2n) is 8.97. The van der Waals surface area contributed by atoms with E-state index >= 15 is 0 Å². The van der Waals surface area contributed by atoms with Crippen LogP contribution in [0.15, 0.2) is 59.7 Å². The normalized spacial score (nSPS) is 18.0. The number of rotatable bonds is 5. The number of aliphatic hydroxyl groups excluding tert-OH is 1. The molecule has 2 heterocycles. The lowest BCUT2D eigenvalue weighted by Crippen LogP contribution is -2.38. The average molecular weight is 495 g/mol. The summed E-state index contributed by atoms with van der Waals surface area (Å²) in [5.41, 5.74) is 2.08. The quantitative estimate of drug-likeness (QED) is 0.386. The number of aromatic amines is 1. The van der Waals surface area contributed by atoms with Crippen LogP contribution in [-0.2, 0) is 6.54 Å². The van der Waals surface area contributed by atoms with Crippen LogP contribution in [0.5, 0.6) is 0 Å². The predicted octanol–water partition coefficient (Wildman–Crippen LogP) is 4.27. The van der Waals surface area contributed by atoms with Crippen LogP contribution >= 0.6 is 11.6 Å². The minimum absolute atomic E-state index is 0.0393. The standard InChI is InChI=1S/C26H24ClFN4O3/c27-24-23(13-29-31-24)16-1-6-22-17(11-16)7-8-32(26(22)35)14-15-9-18(12-19(28)10-15)25(34)30-20-2-4-21(33)5-3-20/h1,6-13,20-21,33H,2-5,14H2,(H,29,31)(H,30,34). The molecule has 0 bridgehead atoms. The maximum Gasteiger partial charge on any atom is 0.258 e. The van der Waals surface area contributed by atoms with E-state index in [1.807, 2.05) is 12.1 Å². The Balaban J connectivity index is 1.38. The Kier molecular flexibility index (Phi) is 6.40. The molecule has 2 aromatic carbocycles. The van der Waals surface area contributed by atoms with E-state index in [9.17, 15) is 19.1 Å². The van der Waals surface area contributed by atoms with E-state index in [-0.39, 0.29) is 35.7 Å². The highest BCUT2D eigenvalue weighted by Crippen LogP contribution is 2.28. The molecule has 1 amide bonds. The summed E-state index contributed by atoms with van der Waals surface area (Å²) in [5, 5.41) is 20.8. The van der Waals surface area contributed by atoms with Crippen LogP contribution in [0.1, 0.15) is 41.6 Å². The molecular formula is C26H24ClFN4O3. The number of aliphatic hydroxyl groups is 1. The molecule has 2 aromatic heterocycles. The van der Waals surface area contributed by atoms with Gasteiger partial charge in [-0.1, -0.05) is 17.7 Å². The largest absolute Gasteiger partial charge is 0.393 e. The first kappa shape index (κ1) is 23.3. The molecule has 1 saturated carbocycles. The summed E-state index contributed by atoms with van der Waals surface area (Å²) in [5.74, 6) is -0.898. The molecule has 4 aromatic rings. The maximum atomic E-state index is 14.4. The first-order valence-corrected chi connectivity index (χ1v) is 11.9. The van der Waals surface area contributed by atoms with Gasteiger partial charge in [-0.25, -0.2) is 4.39 Å². The van der Waals surface area contributed by atoms with E-state index in [0.29, 0.717) is 41.8 Å². The number of hydrogen-bond acceptors (Lipinski definition) is 4. The van der Waals surface area contributed by atoms with E-state index in [1.54, 1.807) is 30.6 Å². The number of nitrogens with zero attached hydrogens (tertiary/aromatic N) is 2. The van der Waals surface area contributed by atoms with Crippen molar-refractivity contribution in [3.05, 3.63) is 87.3 Å². The van der Waals surface area contributed by atoms with Gasteiger partial charge in [0.1, 0.15) is 5.82 Å². The van der Waals surface area contributed by atoms with E-state index in [1.165, 1.54) is 16.7 Å². The molecule has 180 valence electrons. The van der Waals surface area contributed by atoms with Gasteiger partial charge >= 0.3 is 0 Å². The van der Waals surface area contributed by atoms with E-state index in [4.69, 9.17) is 11.6 Å². The Morgan fingerprint density at radius 3 is 2.71 bits per heavy atom. The van der Waals surface area contributed by atoms with Gasteiger partial charge in [0.25, 0.3) is 11.5 Å². The van der Waals surface area contributed by atoms with Gasteiger partial charge in [0.2, 0.25) is 0 Å². The molecule has 3 N–H and O–H groups in total. The number of pyridine rings is 1. The molecule has 1 fully saturated rings. The molecular weight excluding hydrogens is 471 g/mol. The highest BCUT2D eigenvalue weighted by Gasteiger charge is 2.21. The topological polar surface area (TPSA) is 100 Å². The number of aromatic nitrogens is 3. The summed E-state index contributed by atoms with van der Waals surface area (Å²) in [6, 6.07) is 11.3. The fourth-order valence-electron chi connectivity index (χ4n) is 4.61. The van der Waals surface area contributed by atoms with Gasteiger partial charge in [-0.05, 0) is 78.6 Å². The van der Waals surface area contributed by atoms with Gasteiger partial charge in [-0.3, -0.25) is 14.7 Å². The number of carbonyl (C=O) groups is 1. The molecule has 0 aliphatic heterocycles. The van der Waals surface area contributed by atoms with E-state index in [0.717, 1.165) is 16.5 Å². The zero-order valence-electron chi connectivity index (χ0n) is 18.8. The summed E-state index contributed by atoms with van der Waals surface area (Å²) < 4.78 is 15.9. The number of nitrogens with one attached hydrogen (secondary N) is 2. The molecule has 0 spiro atoms. The number of H-pyrrole nitrogens is 1. The van der Waals surface area contributed by atoms with Gasteiger partial charge in [0.15, 0.2) is 5.15 Å². The smallest absolute Gasteiger partial charge is 0.258 e. The highest BCUT2D eigenvalue weighted by molar-refractivity contribution is 6.32. The molecule has 1 aliphatic rings. The van der Waals surface area contributed by atoms with Crippen LogP contribution in [-0.4, -0.2) is 37.9 Å². The lowest BCUT2D eigenvalue weighted by molar-refractivity contribution is 0.0867. The predicted molar refractivity (Wildman–Crippen MR) is 132 cm³/mol. The Morgan fingerprint density at radius 1 is 1.17 bits per heavy atom. The Bertz CT molecular complexity index is 1460. The van der Waals surface area contributed by atoms with Crippen molar-refractivity contribution in [1.29, 1.82) is 0 Å². The van der Waals surface area contributed by atoms with Crippen molar-refractivity contribution in [1.82, 2.24) is 20.1 Å². The van der Waals surface area contributed by atoms with Crippen molar-refractivity contribution < 1.29 is 14.3 Å². The summed E-state index contributed by atoms with van der Waals surface area (Å²) in [6.07, 6.45) is 5.69. The molecule has 0 radical (unpaired) electrons. The fraction of sp³-hybridized carbons (Fsp3) is 0.269. The third-order valence-corrected chi connectivity index (χ3v) is 6.77. The van der Waals surface area contributed by atoms with Crippen LogP contribution in [0.3, 0.4) is 0 Å². The van der Waals surface area contributed by atoms with Gasteiger partial charge in [0, 0.05) is 34.9 Å². The van der Waals surface area contributed by atoms with Crippen LogP contribution < -0.4 is 10.9 Å². The van der Waals surface area contributed by atoms with Crippen LogP contribution in [0.2, 0.25) is 5.15 Å². The van der Waals surface area contributed by atoms with Gasteiger partial charge in [-0.15, -0.1) is 0 Å². The lowest BCUT2D eigenvalue weighted by atomic mass is 9.93. The monoisotopic (exact) mass is 494 g/mol. The first-order valence-electron chi connectivity index (χ1n) is 11.5. The zero-order chi connectivity index (χ0) is 24.5. The third-order valence-electron chi connectivity index (χ3n) is 6.49. The van der Waals surface area contributed by atoms with Crippen molar-refractivity contribution in [2.24, 2.45) is 0 Å². The van der Waals surface area contributed by atoms with Gasteiger partial charge < -0.3 is 15.0 Å². The van der Waals surface area contributed by atoms with Crippen molar-refractivity contribution in [3.8, 4) is 11.1 Å². The SMILES string of the molecule is O=C(NC1CCC(O)CC1)c1cc(F)cc(Cn2ccc3cc(-c4c[nH]nc4Cl)ccc3c2=O)c1. The van der Waals surface area contributed by atoms with E-state index in [2.05, 4.69) is 15.5 Å². The minimum atomic E-state index is -0.540. The first-order chi connectivity index (χ1) is 16.9. The fourth-order valence-corrected chi connectivity index (χ4v) is 4.83. The number of halogens is 2. The van der Waals surface area contributed by atoms with E-state index < -0.39 is 5.82 Å². The molecule has 1 aliphatic carbocycles. The number of amides is 1. The van der Waals surface area contributed by atoms with Crippen molar-refractivity contribution in [2.75, 3.05) is 0 Å². The number of benzene rings is 2. The Labute approximate surface area is 205 Å². The Hall–Kier alpha value is -3.49. The van der Waals surface area contributed by atoms with Crippen LogP contribution in [0, 0.1) is 5.82 Å². The molecule has 5 rings (SSSR count). The maximum absolute atomic E-state index is 14.4. The van der Waals surface area contributed by atoms with Crippen LogP contribution in [0.4, 0.5) is 4.39 Å². The summed E-state index contributed by atoms with van der Waals surface area (Å²) >= 11 is 6.10. The number of hydrogen-bond donors (Lipinski definition) is 3. The molecule has 0 unspecified atom stereocenters. The summed E-state index contributed by atoms with van der Waals surface area (Å²) in [7, 11) is 0. The zero-order valence-corrected chi connectivity index (χ0v) is 19.6. The molecule has 7 nitrogen and oxygen atoms in total. The average Bonchev–Trinajstić information content (AvgIpc) is 3.27. The Morgan fingerprint density at radius 2 is 1.97 bits per heavy atom. The molecule has 9 heteroatoms. The highest BCUT2D eigenvalue weighted by atomic mass is 35.5. The van der Waals surface area contributed by atoms with Gasteiger partial charge in [-0.2, -0.15) is 5.10 Å². The second-order valence-corrected chi connectivity index (χ2v) is 9.33. The summed E-state index contributed by atoms with van der Waals surface area (Å²) in [4.78, 5) is 25.8. The van der Waals surface area contributed by atoms with Crippen LogP contribution in [0.25, 0.3) is 21.9 Å². The lowest BCUT2D eigenvalue weighted by Gasteiger charge is -2.26. The van der Waals surface area contributed by atoms with Crippen molar-refractivity contribution in [3.63, 3.8) is 0 Å².